The van der Waals surface area contributed by atoms with Gasteiger partial charge in [0, 0.05) is 6.42 Å². The molecule has 1 unspecified atom stereocenters. The fourth-order valence-electron chi connectivity index (χ4n) is 1.95. The van der Waals surface area contributed by atoms with Gasteiger partial charge in [-0.05, 0) is 30.7 Å². The smallest absolute Gasteiger partial charge is 0.411 e. The van der Waals surface area contributed by atoms with Gasteiger partial charge in [0.15, 0.2) is 0 Å². The first-order chi connectivity index (χ1) is 10.7. The number of hydrogen-bond acceptors (Lipinski definition) is 3. The highest BCUT2D eigenvalue weighted by atomic mass is 31.2. The molecule has 0 amide bonds. The van der Waals surface area contributed by atoms with Crippen molar-refractivity contribution in [1.82, 2.24) is 0 Å². The van der Waals surface area contributed by atoms with E-state index in [2.05, 4.69) is 4.85 Å². The Morgan fingerprint density at radius 2 is 1.45 bits per heavy atom. The number of para-hydroxylation sites is 2. The monoisotopic (exact) mass is 315 g/mol. The van der Waals surface area contributed by atoms with Crippen LogP contribution in [-0.2, 0) is 4.57 Å². The highest BCUT2D eigenvalue weighted by molar-refractivity contribution is 7.55. The minimum absolute atomic E-state index is 0.437. The van der Waals surface area contributed by atoms with Crippen molar-refractivity contribution >= 4 is 7.60 Å². The molecule has 114 valence electrons. The normalized spacial score (nSPS) is 12.2. The molecule has 2 aromatic carbocycles. The van der Waals surface area contributed by atoms with E-state index in [0.717, 1.165) is 6.42 Å². The summed E-state index contributed by atoms with van der Waals surface area (Å²) in [5.41, 5.74) is 0. The lowest BCUT2D eigenvalue weighted by Gasteiger charge is -2.20. The van der Waals surface area contributed by atoms with Crippen LogP contribution in [0.25, 0.3) is 4.85 Å². The molecule has 0 aliphatic heterocycles. The summed E-state index contributed by atoms with van der Waals surface area (Å²) in [6, 6.07) is 17.6. The lowest BCUT2D eigenvalue weighted by Crippen LogP contribution is -2.13. The van der Waals surface area contributed by atoms with Crippen molar-refractivity contribution in [3.05, 3.63) is 72.1 Å². The Labute approximate surface area is 131 Å². The van der Waals surface area contributed by atoms with Gasteiger partial charge in [-0.25, -0.2) is 11.1 Å². The van der Waals surface area contributed by atoms with Crippen LogP contribution in [0.3, 0.4) is 0 Å². The first kappa shape index (κ1) is 16.1. The highest BCUT2D eigenvalue weighted by Gasteiger charge is 2.44. The Hall–Kier alpha value is -2.24. The standard InChI is InChI=1S/C17H18NO3P/c1-3-10-17(18-2)22(19,20-15-11-6-4-7-12-15)21-16-13-8-5-9-14-16/h4-9,11-14,17H,3,10H2,1H3. The first-order valence-electron chi connectivity index (χ1n) is 7.13. The third-order valence-corrected chi connectivity index (χ3v) is 5.05. The maximum atomic E-state index is 13.2. The zero-order valence-electron chi connectivity index (χ0n) is 12.4. The van der Waals surface area contributed by atoms with Crippen LogP contribution in [0.1, 0.15) is 19.8 Å². The zero-order valence-corrected chi connectivity index (χ0v) is 13.3. The fourth-order valence-corrected chi connectivity index (χ4v) is 3.78. The molecule has 2 aromatic rings. The van der Waals surface area contributed by atoms with Gasteiger partial charge in [0.1, 0.15) is 11.5 Å². The zero-order chi connectivity index (χ0) is 15.8. The number of rotatable bonds is 7. The predicted molar refractivity (Wildman–Crippen MR) is 87.0 cm³/mol. The van der Waals surface area contributed by atoms with Gasteiger partial charge in [-0.3, -0.25) is 4.85 Å². The molecule has 0 saturated carbocycles. The van der Waals surface area contributed by atoms with Crippen LogP contribution >= 0.6 is 7.60 Å². The highest BCUT2D eigenvalue weighted by Crippen LogP contribution is 2.54. The quantitative estimate of drug-likeness (QED) is 0.508. The van der Waals surface area contributed by atoms with Crippen molar-refractivity contribution in [2.45, 2.75) is 25.5 Å². The van der Waals surface area contributed by atoms with E-state index in [0.29, 0.717) is 17.9 Å². The predicted octanol–water partition coefficient (Wildman–Crippen LogP) is 5.38. The molecule has 22 heavy (non-hydrogen) atoms. The summed E-state index contributed by atoms with van der Waals surface area (Å²) in [5.74, 6) is 0.0518. The number of hydrogen-bond donors (Lipinski definition) is 0. The van der Waals surface area contributed by atoms with Gasteiger partial charge in [-0.15, -0.1) is 0 Å². The van der Waals surface area contributed by atoms with Gasteiger partial charge < -0.3 is 9.05 Å². The largest absolute Gasteiger partial charge is 0.512 e. The van der Waals surface area contributed by atoms with Gasteiger partial charge in [-0.2, -0.15) is 0 Å². The molecule has 0 radical (unpaired) electrons. The molecular formula is C17H18NO3P. The lowest BCUT2D eigenvalue weighted by atomic mass is 10.3. The van der Waals surface area contributed by atoms with E-state index in [1.807, 2.05) is 19.1 Å². The van der Waals surface area contributed by atoms with Gasteiger partial charge in [0.2, 0.25) is 0 Å². The van der Waals surface area contributed by atoms with Crippen LogP contribution in [0.2, 0.25) is 0 Å². The summed E-state index contributed by atoms with van der Waals surface area (Å²) < 4.78 is 24.5. The second-order valence-corrected chi connectivity index (χ2v) is 6.79. The van der Waals surface area contributed by atoms with Gasteiger partial charge >= 0.3 is 13.4 Å². The van der Waals surface area contributed by atoms with E-state index in [4.69, 9.17) is 15.6 Å². The number of benzene rings is 2. The topological polar surface area (TPSA) is 39.9 Å². The Bertz CT molecular complexity index is 622. The Balaban J connectivity index is 2.31. The van der Waals surface area contributed by atoms with Crippen molar-refractivity contribution < 1.29 is 13.6 Å². The third-order valence-electron chi connectivity index (χ3n) is 3.01. The maximum Gasteiger partial charge on any atom is 0.512 e. The summed E-state index contributed by atoms with van der Waals surface area (Å²) in [6.07, 6.45) is 1.19. The van der Waals surface area contributed by atoms with Crippen LogP contribution in [0.15, 0.2) is 60.7 Å². The second-order valence-electron chi connectivity index (χ2n) is 4.75. The SMILES string of the molecule is [C-]#[N+]C(CCC)P(=O)(Oc1ccccc1)Oc1ccccc1. The van der Waals surface area contributed by atoms with E-state index >= 15 is 0 Å². The summed E-state index contributed by atoms with van der Waals surface area (Å²) in [6.45, 7) is 9.28. The molecular weight excluding hydrogens is 297 g/mol. The molecule has 0 N–H and O–H groups in total. The van der Waals surface area contributed by atoms with Crippen molar-refractivity contribution in [1.29, 1.82) is 0 Å². The molecule has 0 bridgehead atoms. The fraction of sp³-hybridized carbons (Fsp3) is 0.235. The average molecular weight is 315 g/mol. The van der Waals surface area contributed by atoms with Crippen LogP contribution in [0, 0.1) is 6.57 Å². The minimum atomic E-state index is -3.64. The van der Waals surface area contributed by atoms with E-state index in [-0.39, 0.29) is 0 Å². The summed E-state index contributed by atoms with van der Waals surface area (Å²) in [4.78, 5) is 3.48. The van der Waals surface area contributed by atoms with Crippen molar-refractivity contribution in [2.75, 3.05) is 0 Å². The molecule has 0 spiro atoms. The molecule has 0 aromatic heterocycles. The minimum Gasteiger partial charge on any atom is -0.411 e. The van der Waals surface area contributed by atoms with Gasteiger partial charge in [-0.1, -0.05) is 43.3 Å². The molecule has 2 rings (SSSR count). The maximum absolute atomic E-state index is 13.2. The van der Waals surface area contributed by atoms with Crippen LogP contribution < -0.4 is 9.05 Å². The van der Waals surface area contributed by atoms with E-state index in [1.165, 1.54) is 0 Å². The van der Waals surface area contributed by atoms with Gasteiger partial charge in [0.05, 0.1) is 0 Å². The molecule has 0 heterocycles. The summed E-state index contributed by atoms with van der Waals surface area (Å²) in [7, 11) is -3.64. The van der Waals surface area contributed by atoms with Crippen molar-refractivity contribution in [3.8, 4) is 11.5 Å². The van der Waals surface area contributed by atoms with Crippen molar-refractivity contribution in [3.63, 3.8) is 0 Å². The Morgan fingerprint density at radius 3 is 1.82 bits per heavy atom. The molecule has 0 saturated heterocycles. The summed E-state index contributed by atoms with van der Waals surface area (Å²) in [5, 5.41) is 0. The van der Waals surface area contributed by atoms with Gasteiger partial charge in [0.25, 0.3) is 0 Å². The average Bonchev–Trinajstić information content (AvgIpc) is 2.54. The second kappa shape index (κ2) is 7.68. The molecule has 0 fully saturated rings. The van der Waals surface area contributed by atoms with E-state index in [9.17, 15) is 4.57 Å². The van der Waals surface area contributed by atoms with Crippen molar-refractivity contribution in [2.24, 2.45) is 0 Å². The molecule has 4 nitrogen and oxygen atoms in total. The van der Waals surface area contributed by atoms with Crippen LogP contribution in [0.4, 0.5) is 0 Å². The molecule has 0 aliphatic carbocycles. The third kappa shape index (κ3) is 4.13. The molecule has 1 atom stereocenters. The van der Waals surface area contributed by atoms with E-state index in [1.54, 1.807) is 48.5 Å². The molecule has 5 heteroatoms. The Morgan fingerprint density at radius 1 is 1.00 bits per heavy atom. The summed E-state index contributed by atoms with van der Waals surface area (Å²) >= 11 is 0. The Kier molecular flexibility index (Phi) is 5.63. The van der Waals surface area contributed by atoms with Crippen LogP contribution in [-0.4, -0.2) is 5.78 Å². The lowest BCUT2D eigenvalue weighted by molar-refractivity contribution is 0.375. The number of nitrogens with zero attached hydrogens (tertiary/aromatic N) is 1. The molecule has 0 aliphatic rings. The van der Waals surface area contributed by atoms with E-state index < -0.39 is 13.4 Å². The van der Waals surface area contributed by atoms with Crippen LogP contribution in [0.5, 0.6) is 11.5 Å². The first-order valence-corrected chi connectivity index (χ1v) is 8.74.